The topological polar surface area (TPSA) is 15.3 Å². The van der Waals surface area contributed by atoms with Crippen molar-refractivity contribution in [2.75, 3.05) is 24.6 Å². The number of hydrogen-bond acceptors (Lipinski definition) is 3. The number of hydrogen-bond donors (Lipinski definition) is 1. The van der Waals surface area contributed by atoms with Crippen molar-refractivity contribution in [3.05, 3.63) is 0 Å². The summed E-state index contributed by atoms with van der Waals surface area (Å²) in [5.74, 6) is 2.69. The van der Waals surface area contributed by atoms with Gasteiger partial charge in [0.25, 0.3) is 0 Å². The highest BCUT2D eigenvalue weighted by Crippen LogP contribution is 2.21. The second-order valence-electron chi connectivity index (χ2n) is 5.45. The molecule has 2 saturated heterocycles. The third-order valence-corrected chi connectivity index (χ3v) is 5.07. The van der Waals surface area contributed by atoms with Gasteiger partial charge in [-0.15, -0.1) is 0 Å². The Kier molecular flexibility index (Phi) is 4.98. The fraction of sp³-hybridized carbons (Fsp3) is 1.00. The van der Waals surface area contributed by atoms with Crippen molar-refractivity contribution in [3.63, 3.8) is 0 Å². The van der Waals surface area contributed by atoms with E-state index in [1.54, 1.807) is 0 Å². The Hall–Kier alpha value is 0.270. The molecule has 3 heteroatoms. The lowest BCUT2D eigenvalue weighted by Crippen LogP contribution is -2.50. The summed E-state index contributed by atoms with van der Waals surface area (Å²) in [5, 5.41) is 3.77. The molecule has 0 saturated carbocycles. The van der Waals surface area contributed by atoms with Gasteiger partial charge in [-0.25, -0.2) is 0 Å². The molecule has 2 heterocycles. The summed E-state index contributed by atoms with van der Waals surface area (Å²) >= 11 is 2.10. The van der Waals surface area contributed by atoms with Gasteiger partial charge in [0, 0.05) is 30.4 Å². The van der Waals surface area contributed by atoms with Crippen molar-refractivity contribution in [3.8, 4) is 0 Å². The molecule has 2 fully saturated rings. The highest BCUT2D eigenvalue weighted by molar-refractivity contribution is 7.99. The van der Waals surface area contributed by atoms with Gasteiger partial charge in [0.05, 0.1) is 0 Å². The summed E-state index contributed by atoms with van der Waals surface area (Å²) in [4.78, 5) is 2.69. The van der Waals surface area contributed by atoms with Crippen LogP contribution in [0.25, 0.3) is 0 Å². The van der Waals surface area contributed by atoms with Crippen LogP contribution in [0.2, 0.25) is 0 Å². The van der Waals surface area contributed by atoms with Gasteiger partial charge in [-0.05, 0) is 45.4 Å². The van der Waals surface area contributed by atoms with E-state index in [1.165, 1.54) is 50.3 Å². The van der Waals surface area contributed by atoms with E-state index in [2.05, 4.69) is 35.8 Å². The van der Waals surface area contributed by atoms with E-state index in [1.807, 2.05) is 0 Å². The lowest BCUT2D eigenvalue weighted by atomic mass is 10.00. The van der Waals surface area contributed by atoms with Gasteiger partial charge in [-0.1, -0.05) is 6.42 Å². The maximum absolute atomic E-state index is 3.77. The van der Waals surface area contributed by atoms with Crippen LogP contribution >= 0.6 is 11.8 Å². The Morgan fingerprint density at radius 3 is 2.88 bits per heavy atom. The zero-order chi connectivity index (χ0) is 11.4. The largest absolute Gasteiger partial charge is 0.312 e. The number of piperidine rings is 1. The number of thioether (sulfide) groups is 1. The molecule has 2 unspecified atom stereocenters. The predicted octanol–water partition coefficient (Wildman–Crippen LogP) is 2.34. The molecule has 2 rings (SSSR count). The third kappa shape index (κ3) is 3.38. The van der Waals surface area contributed by atoms with Crippen LogP contribution in [-0.2, 0) is 0 Å². The molecular formula is C13H26N2S. The second-order valence-corrected chi connectivity index (χ2v) is 6.60. The lowest BCUT2D eigenvalue weighted by molar-refractivity contribution is 0.109. The molecule has 0 spiro atoms. The average Bonchev–Trinajstić information content (AvgIpc) is 2.79. The third-order valence-electron chi connectivity index (χ3n) is 3.91. The first-order chi connectivity index (χ1) is 7.77. The molecule has 16 heavy (non-hydrogen) atoms. The Bertz CT molecular complexity index is 202. The van der Waals surface area contributed by atoms with Gasteiger partial charge in [0.2, 0.25) is 0 Å². The first-order valence-corrected chi connectivity index (χ1v) is 7.99. The minimum atomic E-state index is 0.713. The van der Waals surface area contributed by atoms with E-state index in [0.29, 0.717) is 6.04 Å². The van der Waals surface area contributed by atoms with Crippen molar-refractivity contribution in [1.29, 1.82) is 0 Å². The molecule has 0 amide bonds. The number of likely N-dealkylation sites (tertiary alicyclic amines) is 1. The zero-order valence-electron chi connectivity index (χ0n) is 10.7. The van der Waals surface area contributed by atoms with Gasteiger partial charge >= 0.3 is 0 Å². The molecule has 0 aromatic heterocycles. The van der Waals surface area contributed by atoms with Crippen molar-refractivity contribution in [2.24, 2.45) is 0 Å². The molecule has 2 nitrogen and oxygen atoms in total. The van der Waals surface area contributed by atoms with Crippen LogP contribution in [0.5, 0.6) is 0 Å². The second kappa shape index (κ2) is 6.27. The van der Waals surface area contributed by atoms with E-state index < -0.39 is 0 Å². The van der Waals surface area contributed by atoms with E-state index in [4.69, 9.17) is 0 Å². The summed E-state index contributed by atoms with van der Waals surface area (Å²) in [6.45, 7) is 7.19. The van der Waals surface area contributed by atoms with E-state index in [9.17, 15) is 0 Å². The Labute approximate surface area is 105 Å². The smallest absolute Gasteiger partial charge is 0.0223 e. The van der Waals surface area contributed by atoms with Gasteiger partial charge in [0.1, 0.15) is 0 Å². The maximum atomic E-state index is 3.77. The fourth-order valence-corrected chi connectivity index (χ4v) is 4.11. The highest BCUT2D eigenvalue weighted by atomic mass is 32.2. The number of rotatable bonds is 4. The first kappa shape index (κ1) is 12.7. The maximum Gasteiger partial charge on any atom is 0.0223 e. The lowest BCUT2D eigenvalue weighted by Gasteiger charge is -2.39. The molecule has 0 aromatic rings. The standard InChI is InChI=1S/C13H26N2S/c1-11(2)15-7-4-3-5-13(15)9-14-12-6-8-16-10-12/h11-14H,3-10H2,1-2H3. The van der Waals surface area contributed by atoms with Crippen molar-refractivity contribution < 1.29 is 0 Å². The van der Waals surface area contributed by atoms with Gasteiger partial charge in [-0.3, -0.25) is 4.90 Å². The van der Waals surface area contributed by atoms with Crippen LogP contribution in [0.4, 0.5) is 0 Å². The molecular weight excluding hydrogens is 216 g/mol. The molecule has 0 bridgehead atoms. The molecule has 2 atom stereocenters. The highest BCUT2D eigenvalue weighted by Gasteiger charge is 2.25. The SMILES string of the molecule is CC(C)N1CCCCC1CNC1CCSC1. The summed E-state index contributed by atoms with van der Waals surface area (Å²) in [5.41, 5.74) is 0. The number of nitrogens with zero attached hydrogens (tertiary/aromatic N) is 1. The minimum absolute atomic E-state index is 0.713. The molecule has 2 aliphatic rings. The Morgan fingerprint density at radius 2 is 2.19 bits per heavy atom. The normalized spacial score (nSPS) is 32.4. The van der Waals surface area contributed by atoms with Gasteiger partial charge in [0.15, 0.2) is 0 Å². The van der Waals surface area contributed by atoms with Crippen molar-refractivity contribution >= 4 is 11.8 Å². The Morgan fingerprint density at radius 1 is 1.31 bits per heavy atom. The Balaban J connectivity index is 1.76. The summed E-state index contributed by atoms with van der Waals surface area (Å²) < 4.78 is 0. The molecule has 0 aliphatic carbocycles. The van der Waals surface area contributed by atoms with Crippen molar-refractivity contribution in [2.45, 2.75) is 57.7 Å². The van der Waals surface area contributed by atoms with E-state index in [0.717, 1.165) is 12.1 Å². The van der Waals surface area contributed by atoms with Crippen LogP contribution in [0.3, 0.4) is 0 Å². The average molecular weight is 242 g/mol. The summed E-state index contributed by atoms with van der Waals surface area (Å²) in [6.07, 6.45) is 5.59. The van der Waals surface area contributed by atoms with Crippen LogP contribution < -0.4 is 5.32 Å². The zero-order valence-corrected chi connectivity index (χ0v) is 11.6. The van der Waals surface area contributed by atoms with E-state index >= 15 is 0 Å². The summed E-state index contributed by atoms with van der Waals surface area (Å²) in [6, 6.07) is 2.30. The van der Waals surface area contributed by atoms with Crippen LogP contribution in [0.15, 0.2) is 0 Å². The quantitative estimate of drug-likeness (QED) is 0.814. The van der Waals surface area contributed by atoms with Gasteiger partial charge in [-0.2, -0.15) is 11.8 Å². The first-order valence-electron chi connectivity index (χ1n) is 6.84. The molecule has 94 valence electrons. The molecule has 2 aliphatic heterocycles. The van der Waals surface area contributed by atoms with Gasteiger partial charge < -0.3 is 5.32 Å². The number of nitrogens with one attached hydrogen (secondary N) is 1. The predicted molar refractivity (Wildman–Crippen MR) is 73.2 cm³/mol. The van der Waals surface area contributed by atoms with Crippen LogP contribution in [0.1, 0.15) is 39.5 Å². The van der Waals surface area contributed by atoms with Crippen LogP contribution in [-0.4, -0.2) is 47.6 Å². The van der Waals surface area contributed by atoms with Crippen molar-refractivity contribution in [1.82, 2.24) is 10.2 Å². The van der Waals surface area contributed by atoms with Crippen LogP contribution in [0, 0.1) is 0 Å². The molecule has 0 radical (unpaired) electrons. The van der Waals surface area contributed by atoms with E-state index in [-0.39, 0.29) is 0 Å². The monoisotopic (exact) mass is 242 g/mol. The minimum Gasteiger partial charge on any atom is -0.312 e. The summed E-state index contributed by atoms with van der Waals surface area (Å²) in [7, 11) is 0. The fourth-order valence-electron chi connectivity index (χ4n) is 2.92. The molecule has 1 N–H and O–H groups in total. The molecule has 0 aromatic carbocycles.